The van der Waals surface area contributed by atoms with Crippen molar-refractivity contribution < 1.29 is 0 Å². The van der Waals surface area contributed by atoms with Crippen LogP contribution >= 0.6 is 27.3 Å². The van der Waals surface area contributed by atoms with Crippen LogP contribution < -0.4 is 10.2 Å². The van der Waals surface area contributed by atoms with Crippen molar-refractivity contribution in [3.8, 4) is 0 Å². The van der Waals surface area contributed by atoms with E-state index in [4.69, 9.17) is 0 Å². The number of aromatic amines is 1. The molecule has 2 rings (SSSR count). The lowest BCUT2D eigenvalue weighted by Gasteiger charge is -2.05. The molecule has 16 heavy (non-hydrogen) atoms. The van der Waals surface area contributed by atoms with Gasteiger partial charge in [-0.25, -0.2) is 0 Å². The quantitative estimate of drug-likeness (QED) is 0.911. The van der Waals surface area contributed by atoms with Crippen LogP contribution in [0, 0.1) is 0 Å². The predicted molar refractivity (Wildman–Crippen MR) is 69.6 cm³/mol. The molecule has 2 N–H and O–H groups in total. The number of hydrogen-bond donors (Lipinski definition) is 2. The minimum atomic E-state index is -0.00214. The second kappa shape index (κ2) is 5.43. The number of H-pyrrole nitrogens is 1. The fourth-order valence-corrected chi connectivity index (χ4v) is 2.38. The molecule has 0 saturated carbocycles. The van der Waals surface area contributed by atoms with Crippen molar-refractivity contribution in [2.24, 2.45) is 0 Å². The van der Waals surface area contributed by atoms with Gasteiger partial charge in [0, 0.05) is 28.6 Å². The highest BCUT2D eigenvalue weighted by molar-refractivity contribution is 9.10. The fourth-order valence-electron chi connectivity index (χ4n) is 1.37. The van der Waals surface area contributed by atoms with E-state index >= 15 is 0 Å². The van der Waals surface area contributed by atoms with Crippen LogP contribution in [0.3, 0.4) is 0 Å². The van der Waals surface area contributed by atoms with E-state index in [1.807, 2.05) is 23.6 Å². The molecule has 0 atom stereocenters. The third kappa shape index (κ3) is 3.04. The summed E-state index contributed by atoms with van der Waals surface area (Å²) in [5.74, 6) is 0. The van der Waals surface area contributed by atoms with Crippen molar-refractivity contribution in [2.45, 2.75) is 13.1 Å². The smallest absolute Gasteiger partial charge is 0.304 e. The number of benzene rings is 1. The van der Waals surface area contributed by atoms with E-state index in [-0.39, 0.29) is 4.87 Å². The number of halogens is 1. The number of nitrogens with one attached hydrogen (secondary N) is 2. The van der Waals surface area contributed by atoms with Crippen molar-refractivity contribution in [1.82, 2.24) is 10.3 Å². The van der Waals surface area contributed by atoms with E-state index in [2.05, 4.69) is 32.3 Å². The van der Waals surface area contributed by atoms with Crippen LogP contribution in [0.25, 0.3) is 0 Å². The van der Waals surface area contributed by atoms with Gasteiger partial charge in [0.2, 0.25) is 0 Å². The Morgan fingerprint density at radius 3 is 2.81 bits per heavy atom. The molecule has 1 heterocycles. The van der Waals surface area contributed by atoms with Crippen molar-refractivity contribution in [3.05, 3.63) is 55.0 Å². The molecule has 0 spiro atoms. The summed E-state index contributed by atoms with van der Waals surface area (Å²) in [6.45, 7) is 1.46. The number of thiazole rings is 1. The molecule has 0 aliphatic rings. The van der Waals surface area contributed by atoms with Gasteiger partial charge in [0.05, 0.1) is 0 Å². The van der Waals surface area contributed by atoms with Crippen molar-refractivity contribution >= 4 is 27.3 Å². The van der Waals surface area contributed by atoms with Crippen molar-refractivity contribution in [3.63, 3.8) is 0 Å². The summed E-state index contributed by atoms with van der Waals surface area (Å²) in [5.41, 5.74) is 2.14. The molecule has 2 aromatic rings. The van der Waals surface area contributed by atoms with Crippen LogP contribution in [-0.4, -0.2) is 4.98 Å². The minimum absolute atomic E-state index is 0.00214. The summed E-state index contributed by atoms with van der Waals surface area (Å²) < 4.78 is 1.10. The first kappa shape index (κ1) is 11.6. The summed E-state index contributed by atoms with van der Waals surface area (Å²) in [6.07, 6.45) is 0. The average Bonchev–Trinajstić information content (AvgIpc) is 2.67. The maximum atomic E-state index is 10.9. The molecule has 0 radical (unpaired) electrons. The molecule has 0 aliphatic carbocycles. The highest BCUT2D eigenvalue weighted by atomic mass is 79.9. The number of rotatable bonds is 4. The minimum Gasteiger partial charge on any atom is -0.315 e. The van der Waals surface area contributed by atoms with E-state index in [9.17, 15) is 4.79 Å². The Kier molecular flexibility index (Phi) is 3.93. The SMILES string of the molecule is O=c1[nH]c(CNCc2ccccc2Br)cs1. The van der Waals surface area contributed by atoms with Gasteiger partial charge in [-0.05, 0) is 11.6 Å². The molecule has 0 amide bonds. The molecular weight excluding hydrogens is 288 g/mol. The Hall–Kier alpha value is -0.910. The molecule has 0 aliphatic heterocycles. The topological polar surface area (TPSA) is 44.9 Å². The second-order valence-electron chi connectivity index (χ2n) is 3.37. The maximum absolute atomic E-state index is 10.9. The van der Waals surface area contributed by atoms with Gasteiger partial charge in [-0.3, -0.25) is 4.79 Å². The molecule has 84 valence electrons. The third-order valence-corrected chi connectivity index (χ3v) is 3.65. The molecule has 0 bridgehead atoms. The van der Waals surface area contributed by atoms with Gasteiger partial charge in [-0.15, -0.1) is 0 Å². The first-order chi connectivity index (χ1) is 7.75. The van der Waals surface area contributed by atoms with Crippen LogP contribution in [0.2, 0.25) is 0 Å². The van der Waals surface area contributed by atoms with Gasteiger partial charge in [0.25, 0.3) is 0 Å². The third-order valence-electron chi connectivity index (χ3n) is 2.16. The molecule has 3 nitrogen and oxygen atoms in total. The number of hydrogen-bond acceptors (Lipinski definition) is 3. The summed E-state index contributed by atoms with van der Waals surface area (Å²) in [7, 11) is 0. The molecular formula is C11H11BrN2OS. The van der Waals surface area contributed by atoms with E-state index in [1.54, 1.807) is 0 Å². The van der Waals surface area contributed by atoms with Crippen LogP contribution in [0.5, 0.6) is 0 Å². The molecule has 0 unspecified atom stereocenters. The van der Waals surface area contributed by atoms with E-state index in [0.29, 0.717) is 6.54 Å². The molecule has 5 heteroatoms. The zero-order chi connectivity index (χ0) is 11.4. The zero-order valence-electron chi connectivity index (χ0n) is 8.50. The molecule has 1 aromatic heterocycles. The monoisotopic (exact) mass is 298 g/mol. The summed E-state index contributed by atoms with van der Waals surface area (Å²) in [4.78, 5) is 13.7. The standard InChI is InChI=1S/C11H11BrN2OS/c12-10-4-2-1-3-8(10)5-13-6-9-7-16-11(15)14-9/h1-4,7,13H,5-6H2,(H,14,15). The highest BCUT2D eigenvalue weighted by Crippen LogP contribution is 2.15. The lowest BCUT2D eigenvalue weighted by molar-refractivity contribution is 0.680. The Morgan fingerprint density at radius 2 is 2.12 bits per heavy atom. The normalized spacial score (nSPS) is 10.6. The van der Waals surface area contributed by atoms with Gasteiger partial charge in [-0.2, -0.15) is 0 Å². The maximum Gasteiger partial charge on any atom is 0.304 e. The molecule has 0 saturated heterocycles. The fraction of sp³-hybridized carbons (Fsp3) is 0.182. The molecule has 1 aromatic carbocycles. The van der Waals surface area contributed by atoms with Crippen molar-refractivity contribution in [1.29, 1.82) is 0 Å². The largest absolute Gasteiger partial charge is 0.315 e. The van der Waals surface area contributed by atoms with E-state index < -0.39 is 0 Å². The Balaban J connectivity index is 1.89. The van der Waals surface area contributed by atoms with Crippen LogP contribution in [0.15, 0.2) is 38.9 Å². The first-order valence-electron chi connectivity index (χ1n) is 4.86. The van der Waals surface area contributed by atoms with Gasteiger partial charge in [0.1, 0.15) is 0 Å². The zero-order valence-corrected chi connectivity index (χ0v) is 10.9. The Morgan fingerprint density at radius 1 is 1.31 bits per heavy atom. The van der Waals surface area contributed by atoms with Crippen LogP contribution in [-0.2, 0) is 13.1 Å². The summed E-state index contributed by atoms with van der Waals surface area (Å²) in [6, 6.07) is 8.08. The predicted octanol–water partition coefficient (Wildman–Crippen LogP) is 2.49. The number of aromatic nitrogens is 1. The molecule has 0 fully saturated rings. The van der Waals surface area contributed by atoms with Crippen LogP contribution in [0.1, 0.15) is 11.3 Å². The average molecular weight is 299 g/mol. The summed E-state index contributed by atoms with van der Waals surface area (Å²) >= 11 is 4.68. The lowest BCUT2D eigenvalue weighted by Crippen LogP contribution is -2.14. The van der Waals surface area contributed by atoms with E-state index in [0.717, 1.165) is 16.7 Å². The van der Waals surface area contributed by atoms with Gasteiger partial charge in [-0.1, -0.05) is 45.5 Å². The second-order valence-corrected chi connectivity index (χ2v) is 5.06. The summed E-state index contributed by atoms with van der Waals surface area (Å²) in [5, 5.41) is 5.12. The van der Waals surface area contributed by atoms with Gasteiger partial charge in [0.15, 0.2) is 0 Å². The van der Waals surface area contributed by atoms with E-state index in [1.165, 1.54) is 16.9 Å². The Labute approximate surface area is 106 Å². The highest BCUT2D eigenvalue weighted by Gasteiger charge is 1.99. The van der Waals surface area contributed by atoms with Gasteiger partial charge >= 0.3 is 4.87 Å². The van der Waals surface area contributed by atoms with Gasteiger partial charge < -0.3 is 10.3 Å². The van der Waals surface area contributed by atoms with Crippen molar-refractivity contribution in [2.75, 3.05) is 0 Å². The Bertz CT molecular complexity index is 520. The lowest BCUT2D eigenvalue weighted by atomic mass is 10.2. The van der Waals surface area contributed by atoms with Crippen LogP contribution in [0.4, 0.5) is 0 Å². The first-order valence-corrected chi connectivity index (χ1v) is 6.54.